The Balaban J connectivity index is 1.87. The highest BCUT2D eigenvalue weighted by molar-refractivity contribution is 5.97. The van der Waals surface area contributed by atoms with Crippen molar-refractivity contribution >= 4 is 23.7 Å². The van der Waals surface area contributed by atoms with Gasteiger partial charge in [0.05, 0.1) is 12.7 Å². The van der Waals surface area contributed by atoms with Gasteiger partial charge in [0.15, 0.2) is 0 Å². The lowest BCUT2D eigenvalue weighted by Crippen LogP contribution is -2.57. The molecule has 0 aromatic carbocycles. The number of nitrogens with one attached hydrogen (secondary N) is 2. The number of aliphatic hydroxyl groups excluding tert-OH is 1. The number of hydrogen-bond donors (Lipinski definition) is 3. The monoisotopic (exact) mass is 489 g/mol. The number of nitrogens with zero attached hydrogens (tertiary/aromatic N) is 1. The van der Waals surface area contributed by atoms with Crippen LogP contribution in [-0.4, -0.2) is 76.8 Å². The van der Waals surface area contributed by atoms with Gasteiger partial charge in [-0.25, -0.2) is 4.79 Å². The molecule has 2 aliphatic heterocycles. The van der Waals surface area contributed by atoms with Crippen molar-refractivity contribution < 1.29 is 42.2 Å². The van der Waals surface area contributed by atoms with Gasteiger partial charge in [0.2, 0.25) is 11.8 Å². The Morgan fingerprint density at radius 1 is 1.29 bits per heavy atom. The van der Waals surface area contributed by atoms with Crippen LogP contribution in [0.2, 0.25) is 0 Å². The molecule has 1 saturated heterocycles. The van der Waals surface area contributed by atoms with Crippen LogP contribution < -0.4 is 10.6 Å². The summed E-state index contributed by atoms with van der Waals surface area (Å²) in [6.07, 6.45) is -0.0500. The Morgan fingerprint density at radius 2 is 2.03 bits per heavy atom. The van der Waals surface area contributed by atoms with Gasteiger partial charge in [-0.1, -0.05) is 25.0 Å². The van der Waals surface area contributed by atoms with Crippen LogP contribution in [0.25, 0.3) is 0 Å². The minimum atomic E-state index is -5.17. The molecule has 2 heterocycles. The molecule has 3 N–H and O–H groups in total. The highest BCUT2D eigenvalue weighted by Crippen LogP contribution is 2.46. The first-order valence-electron chi connectivity index (χ1n) is 11.5. The van der Waals surface area contributed by atoms with Gasteiger partial charge in [-0.15, -0.1) is 0 Å². The summed E-state index contributed by atoms with van der Waals surface area (Å²) in [6, 6.07) is -2.70. The molecular formula is C22H30F3N3O6. The normalized spacial score (nSPS) is 32.6. The van der Waals surface area contributed by atoms with Gasteiger partial charge < -0.3 is 25.4 Å². The Kier molecular flexibility index (Phi) is 7.89. The number of amides is 3. The van der Waals surface area contributed by atoms with Crippen LogP contribution in [0.4, 0.5) is 13.2 Å². The molecule has 0 bridgehead atoms. The van der Waals surface area contributed by atoms with Crippen molar-refractivity contribution in [1.82, 2.24) is 15.5 Å². The lowest BCUT2D eigenvalue weighted by Gasteiger charge is -2.30. The summed E-state index contributed by atoms with van der Waals surface area (Å²) in [4.78, 5) is 51.5. The third-order valence-electron chi connectivity index (χ3n) is 6.46. The van der Waals surface area contributed by atoms with E-state index in [0.717, 1.165) is 4.90 Å². The Labute approximate surface area is 195 Å². The number of carbonyl (C=O) groups is 4. The molecule has 0 aromatic heterocycles. The van der Waals surface area contributed by atoms with Crippen molar-refractivity contribution in [3.63, 3.8) is 0 Å². The number of carbonyl (C=O) groups excluding carboxylic acids is 4. The average Bonchev–Trinajstić information content (AvgIpc) is 3.31. The highest BCUT2D eigenvalue weighted by atomic mass is 19.4. The van der Waals surface area contributed by atoms with Crippen LogP contribution in [0.5, 0.6) is 0 Å². The number of allylic oxidation sites excluding steroid dienone is 1. The third-order valence-corrected chi connectivity index (χ3v) is 6.46. The van der Waals surface area contributed by atoms with Crippen LogP contribution in [0.1, 0.15) is 51.9 Å². The second-order valence-corrected chi connectivity index (χ2v) is 8.98. The first-order chi connectivity index (χ1) is 16.0. The fraction of sp³-hybridized carbons (Fsp3) is 0.727. The van der Waals surface area contributed by atoms with Crippen LogP contribution in [0.15, 0.2) is 12.2 Å². The van der Waals surface area contributed by atoms with E-state index in [1.54, 1.807) is 12.2 Å². The van der Waals surface area contributed by atoms with E-state index in [9.17, 15) is 37.5 Å². The van der Waals surface area contributed by atoms with Crippen molar-refractivity contribution in [1.29, 1.82) is 0 Å². The maximum Gasteiger partial charge on any atom is 0.471 e. The molecule has 3 amide bonds. The number of hydrogen-bond acceptors (Lipinski definition) is 6. The van der Waals surface area contributed by atoms with E-state index in [4.69, 9.17) is 4.74 Å². The average molecular weight is 489 g/mol. The maximum absolute atomic E-state index is 13.2. The quantitative estimate of drug-likeness (QED) is 0.401. The van der Waals surface area contributed by atoms with E-state index < -0.39 is 53.6 Å². The van der Waals surface area contributed by atoms with E-state index in [-0.39, 0.29) is 31.9 Å². The minimum Gasteiger partial charge on any atom is -0.464 e. The van der Waals surface area contributed by atoms with Gasteiger partial charge in [-0.2, -0.15) is 13.2 Å². The summed E-state index contributed by atoms with van der Waals surface area (Å²) >= 11 is 0. The predicted octanol–water partition coefficient (Wildman–Crippen LogP) is 0.954. The Bertz CT molecular complexity index is 848. The summed E-state index contributed by atoms with van der Waals surface area (Å²) in [6.45, 7) is 1.48. The number of fused-ring (bicyclic) bond motifs is 2. The molecule has 5 atom stereocenters. The van der Waals surface area contributed by atoms with Crippen LogP contribution in [0, 0.1) is 5.92 Å². The Morgan fingerprint density at radius 3 is 2.71 bits per heavy atom. The molecule has 190 valence electrons. The fourth-order valence-electron chi connectivity index (χ4n) is 4.56. The first-order valence-corrected chi connectivity index (χ1v) is 11.5. The number of halogens is 3. The zero-order valence-corrected chi connectivity index (χ0v) is 18.9. The molecule has 9 nitrogen and oxygen atoms in total. The molecule has 3 aliphatic rings. The minimum absolute atomic E-state index is 0.0410. The zero-order chi connectivity index (χ0) is 25.1. The number of ether oxygens (including phenoxy) is 1. The fourth-order valence-corrected chi connectivity index (χ4v) is 4.56. The number of alkyl halides is 3. The van der Waals surface area contributed by atoms with E-state index in [2.05, 4.69) is 5.32 Å². The van der Waals surface area contributed by atoms with Crippen LogP contribution in [-0.2, 0) is 23.9 Å². The standard InChI is InChI=1S/C22H30F3N3O6/c1-2-34-20(33)21-11-13(21)8-6-4-3-5-7-9-15(26-19(32)22(23,24)25)18(31)28-12-14(29)10-16(28)17(30)27-21/h6,8,13-16,29H,2-5,7,9-12H2,1H3,(H,26,32)(H,27,30)/t13-,14-,15+,16+,21-/m1/s1. The second-order valence-electron chi connectivity index (χ2n) is 8.98. The maximum atomic E-state index is 13.2. The summed E-state index contributed by atoms with van der Waals surface area (Å²) in [5.41, 5.74) is -1.28. The van der Waals surface area contributed by atoms with Crippen LogP contribution in [0.3, 0.4) is 0 Å². The van der Waals surface area contributed by atoms with Crippen molar-refractivity contribution in [2.24, 2.45) is 5.92 Å². The highest BCUT2D eigenvalue weighted by Gasteiger charge is 2.62. The second kappa shape index (κ2) is 10.3. The lowest BCUT2D eigenvalue weighted by molar-refractivity contribution is -0.175. The SMILES string of the molecule is CCOC(=O)[C@@]12C[C@H]1C=CCCCCC[C@H](NC(=O)C(F)(F)F)C(=O)N1C[C@H](O)C[C@H]1C(=O)N2. The summed E-state index contributed by atoms with van der Waals surface area (Å²) < 4.78 is 43.7. The van der Waals surface area contributed by atoms with E-state index in [1.165, 1.54) is 0 Å². The van der Waals surface area contributed by atoms with Gasteiger partial charge in [-0.3, -0.25) is 14.4 Å². The molecule has 3 rings (SSSR count). The van der Waals surface area contributed by atoms with Crippen molar-refractivity contribution in [2.45, 2.75) is 81.8 Å². The molecule has 0 unspecified atom stereocenters. The molecule has 1 aliphatic carbocycles. The molecule has 12 heteroatoms. The van der Waals surface area contributed by atoms with Crippen LogP contribution >= 0.6 is 0 Å². The van der Waals surface area contributed by atoms with Gasteiger partial charge in [0.25, 0.3) is 0 Å². The number of esters is 1. The molecule has 1 saturated carbocycles. The Hall–Kier alpha value is -2.63. The van der Waals surface area contributed by atoms with Gasteiger partial charge in [0, 0.05) is 18.9 Å². The molecule has 34 heavy (non-hydrogen) atoms. The van der Waals surface area contributed by atoms with Gasteiger partial charge in [-0.05, 0) is 32.6 Å². The van der Waals surface area contributed by atoms with Crippen molar-refractivity contribution in [3.8, 4) is 0 Å². The zero-order valence-electron chi connectivity index (χ0n) is 18.9. The molecule has 0 aromatic rings. The molecule has 2 fully saturated rings. The smallest absolute Gasteiger partial charge is 0.464 e. The van der Waals surface area contributed by atoms with E-state index in [0.29, 0.717) is 32.1 Å². The van der Waals surface area contributed by atoms with E-state index >= 15 is 0 Å². The molecular weight excluding hydrogens is 459 g/mol. The van der Waals surface area contributed by atoms with E-state index in [1.807, 2.05) is 12.2 Å². The number of rotatable bonds is 3. The predicted molar refractivity (Wildman–Crippen MR) is 112 cm³/mol. The van der Waals surface area contributed by atoms with Crippen molar-refractivity contribution in [3.05, 3.63) is 12.2 Å². The first kappa shape index (κ1) is 26.0. The third kappa shape index (κ3) is 5.70. The largest absolute Gasteiger partial charge is 0.471 e. The summed E-state index contributed by atoms with van der Waals surface area (Å²) in [7, 11) is 0. The van der Waals surface area contributed by atoms with Gasteiger partial charge >= 0.3 is 18.1 Å². The molecule has 0 radical (unpaired) electrons. The van der Waals surface area contributed by atoms with Crippen molar-refractivity contribution in [2.75, 3.05) is 13.2 Å². The number of aliphatic hydroxyl groups is 1. The topological polar surface area (TPSA) is 125 Å². The lowest BCUT2D eigenvalue weighted by atomic mass is 10.0. The van der Waals surface area contributed by atoms with Gasteiger partial charge in [0.1, 0.15) is 17.6 Å². The molecule has 0 spiro atoms. The summed E-state index contributed by atoms with van der Waals surface area (Å²) in [5, 5.41) is 14.6. The summed E-state index contributed by atoms with van der Waals surface area (Å²) in [5.74, 6) is -4.71.